The molecule has 29 heavy (non-hydrogen) atoms. The summed E-state index contributed by atoms with van der Waals surface area (Å²) in [6.07, 6.45) is 2.40. The van der Waals surface area contributed by atoms with Gasteiger partial charge in [-0.2, -0.15) is 0 Å². The molecule has 0 aliphatic rings. The Labute approximate surface area is 189 Å². The van der Waals surface area contributed by atoms with Gasteiger partial charge in [-0.3, -0.25) is 9.79 Å². The minimum absolute atomic E-state index is 0. The number of furan rings is 1. The first-order valence-electron chi connectivity index (χ1n) is 9.54. The number of halogens is 1. The second-order valence-electron chi connectivity index (χ2n) is 6.80. The van der Waals surface area contributed by atoms with Crippen molar-refractivity contribution in [2.75, 3.05) is 32.1 Å². The Morgan fingerprint density at radius 2 is 1.93 bits per heavy atom. The number of hydrogen-bond acceptors (Lipinski definition) is 4. The largest absolute Gasteiger partial charge is 0.459 e. The van der Waals surface area contributed by atoms with E-state index in [1.807, 2.05) is 24.3 Å². The summed E-state index contributed by atoms with van der Waals surface area (Å²) in [7, 11) is 1.75. The van der Waals surface area contributed by atoms with Crippen LogP contribution in [-0.2, 0) is 11.3 Å². The molecule has 160 valence electrons. The standard InChI is InChI=1S/C21H30N4O3.HI/c1-16(2)15-27-12-5-11-23-21(22-3)24-14-17-7-9-18(10-8-17)25-20(26)19-6-4-13-28-19;/h4,6-10,13,16H,5,11-12,14-15H2,1-3H3,(H,25,26)(H2,22,23,24);1H. The van der Waals surface area contributed by atoms with Crippen molar-refractivity contribution >= 4 is 41.5 Å². The highest BCUT2D eigenvalue weighted by Crippen LogP contribution is 2.11. The van der Waals surface area contributed by atoms with E-state index in [9.17, 15) is 4.79 Å². The minimum Gasteiger partial charge on any atom is -0.459 e. The fourth-order valence-corrected chi connectivity index (χ4v) is 2.41. The van der Waals surface area contributed by atoms with Gasteiger partial charge in [0.2, 0.25) is 0 Å². The van der Waals surface area contributed by atoms with Crippen LogP contribution in [0.25, 0.3) is 0 Å². The molecule has 0 aliphatic heterocycles. The Morgan fingerprint density at radius 1 is 1.17 bits per heavy atom. The Balaban J connectivity index is 0.00000420. The highest BCUT2D eigenvalue weighted by Gasteiger charge is 2.08. The van der Waals surface area contributed by atoms with Crippen LogP contribution in [0.4, 0.5) is 5.69 Å². The van der Waals surface area contributed by atoms with E-state index in [-0.39, 0.29) is 35.6 Å². The van der Waals surface area contributed by atoms with Crippen molar-refractivity contribution in [3.63, 3.8) is 0 Å². The summed E-state index contributed by atoms with van der Waals surface area (Å²) in [5.74, 6) is 1.33. The molecule has 2 rings (SSSR count). The molecular formula is C21H31IN4O3. The van der Waals surface area contributed by atoms with Crippen LogP contribution in [0.15, 0.2) is 52.1 Å². The SMILES string of the molecule is CN=C(NCCCOCC(C)C)NCc1ccc(NC(=O)c2ccco2)cc1.I. The van der Waals surface area contributed by atoms with E-state index in [2.05, 4.69) is 34.8 Å². The van der Waals surface area contributed by atoms with Gasteiger partial charge in [-0.1, -0.05) is 26.0 Å². The summed E-state index contributed by atoms with van der Waals surface area (Å²) >= 11 is 0. The first-order chi connectivity index (χ1) is 13.6. The molecule has 2 aromatic rings. The Kier molecular flexibility index (Phi) is 12.1. The number of rotatable bonds is 10. The maximum Gasteiger partial charge on any atom is 0.291 e. The number of anilines is 1. The third-order valence-corrected chi connectivity index (χ3v) is 3.85. The maximum absolute atomic E-state index is 12.0. The van der Waals surface area contributed by atoms with Gasteiger partial charge in [0, 0.05) is 39.0 Å². The molecule has 1 heterocycles. The third kappa shape index (κ3) is 9.80. The first-order valence-corrected chi connectivity index (χ1v) is 9.54. The molecule has 0 fully saturated rings. The molecule has 8 heteroatoms. The van der Waals surface area contributed by atoms with Crippen molar-refractivity contribution in [1.82, 2.24) is 10.6 Å². The number of nitrogens with one attached hydrogen (secondary N) is 3. The fraction of sp³-hybridized carbons (Fsp3) is 0.429. The molecule has 7 nitrogen and oxygen atoms in total. The van der Waals surface area contributed by atoms with E-state index in [0.717, 1.165) is 37.7 Å². The zero-order chi connectivity index (χ0) is 20.2. The number of benzene rings is 1. The maximum atomic E-state index is 12.0. The molecule has 0 aliphatic carbocycles. The molecule has 1 aromatic heterocycles. The topological polar surface area (TPSA) is 87.9 Å². The predicted molar refractivity (Wildman–Crippen MR) is 127 cm³/mol. The predicted octanol–water partition coefficient (Wildman–Crippen LogP) is 3.88. The fourth-order valence-electron chi connectivity index (χ4n) is 2.41. The minimum atomic E-state index is -0.266. The molecule has 0 saturated heterocycles. The molecule has 0 bridgehead atoms. The first kappa shape index (κ1) is 25.0. The van der Waals surface area contributed by atoms with Crippen molar-refractivity contribution in [2.24, 2.45) is 10.9 Å². The smallest absolute Gasteiger partial charge is 0.291 e. The van der Waals surface area contributed by atoms with Gasteiger partial charge < -0.3 is 25.1 Å². The summed E-state index contributed by atoms with van der Waals surface area (Å²) in [6.45, 7) is 7.26. The van der Waals surface area contributed by atoms with Gasteiger partial charge in [-0.15, -0.1) is 24.0 Å². The Hall–Kier alpha value is -2.07. The van der Waals surface area contributed by atoms with Gasteiger partial charge in [0.1, 0.15) is 0 Å². The van der Waals surface area contributed by atoms with E-state index < -0.39 is 0 Å². The highest BCUT2D eigenvalue weighted by molar-refractivity contribution is 14.0. The van der Waals surface area contributed by atoms with Crippen LogP contribution in [0, 0.1) is 5.92 Å². The molecule has 0 radical (unpaired) electrons. The van der Waals surface area contributed by atoms with Crippen molar-refractivity contribution in [3.8, 4) is 0 Å². The van der Waals surface area contributed by atoms with Crippen LogP contribution >= 0.6 is 24.0 Å². The van der Waals surface area contributed by atoms with Crippen molar-refractivity contribution in [3.05, 3.63) is 54.0 Å². The Bertz CT molecular complexity index is 731. The van der Waals surface area contributed by atoms with Gasteiger partial charge in [0.15, 0.2) is 11.7 Å². The summed E-state index contributed by atoms with van der Waals surface area (Å²) < 4.78 is 10.6. The second kappa shape index (κ2) is 14.0. The van der Waals surface area contributed by atoms with Crippen LogP contribution in [0.2, 0.25) is 0 Å². The lowest BCUT2D eigenvalue weighted by atomic mass is 10.2. The van der Waals surface area contributed by atoms with Gasteiger partial charge in [-0.25, -0.2) is 0 Å². The van der Waals surface area contributed by atoms with Crippen molar-refractivity contribution in [2.45, 2.75) is 26.8 Å². The average Bonchev–Trinajstić information content (AvgIpc) is 3.23. The zero-order valence-corrected chi connectivity index (χ0v) is 19.6. The number of nitrogens with zero attached hydrogens (tertiary/aromatic N) is 1. The summed E-state index contributed by atoms with van der Waals surface area (Å²) in [6, 6.07) is 10.9. The number of aliphatic imine (C=N–C) groups is 1. The lowest BCUT2D eigenvalue weighted by Gasteiger charge is -2.13. The van der Waals surface area contributed by atoms with Crippen molar-refractivity contribution in [1.29, 1.82) is 0 Å². The zero-order valence-electron chi connectivity index (χ0n) is 17.2. The summed E-state index contributed by atoms with van der Waals surface area (Å²) in [4.78, 5) is 16.2. The van der Waals surface area contributed by atoms with Crippen LogP contribution < -0.4 is 16.0 Å². The quantitative estimate of drug-likeness (QED) is 0.194. The number of carbonyl (C=O) groups is 1. The van der Waals surface area contributed by atoms with E-state index >= 15 is 0 Å². The summed E-state index contributed by atoms with van der Waals surface area (Å²) in [5, 5.41) is 9.34. The third-order valence-electron chi connectivity index (χ3n) is 3.85. The van der Waals surface area contributed by atoms with Crippen LogP contribution in [0.5, 0.6) is 0 Å². The van der Waals surface area contributed by atoms with Gasteiger partial charge in [-0.05, 0) is 42.2 Å². The molecule has 3 N–H and O–H groups in total. The summed E-state index contributed by atoms with van der Waals surface area (Å²) in [5.41, 5.74) is 1.80. The molecular weight excluding hydrogens is 483 g/mol. The van der Waals surface area contributed by atoms with E-state index in [1.54, 1.807) is 19.2 Å². The lowest BCUT2D eigenvalue weighted by molar-refractivity contribution is 0.0996. The van der Waals surface area contributed by atoms with Gasteiger partial charge >= 0.3 is 0 Å². The molecule has 0 atom stereocenters. The van der Waals surface area contributed by atoms with Crippen LogP contribution in [-0.4, -0.2) is 38.7 Å². The molecule has 1 aromatic carbocycles. The number of amides is 1. The van der Waals surface area contributed by atoms with Gasteiger partial charge in [0.25, 0.3) is 5.91 Å². The van der Waals surface area contributed by atoms with Crippen LogP contribution in [0.1, 0.15) is 36.4 Å². The van der Waals surface area contributed by atoms with E-state index in [0.29, 0.717) is 18.2 Å². The lowest BCUT2D eigenvalue weighted by Crippen LogP contribution is -2.37. The van der Waals surface area contributed by atoms with E-state index in [1.165, 1.54) is 6.26 Å². The monoisotopic (exact) mass is 514 g/mol. The number of carbonyl (C=O) groups excluding carboxylic acids is 1. The molecule has 1 amide bonds. The number of hydrogen-bond donors (Lipinski definition) is 3. The number of guanidine groups is 1. The van der Waals surface area contributed by atoms with Crippen molar-refractivity contribution < 1.29 is 13.9 Å². The Morgan fingerprint density at radius 3 is 2.55 bits per heavy atom. The highest BCUT2D eigenvalue weighted by atomic mass is 127. The average molecular weight is 514 g/mol. The normalized spacial score (nSPS) is 11.1. The second-order valence-corrected chi connectivity index (χ2v) is 6.80. The van der Waals surface area contributed by atoms with E-state index in [4.69, 9.17) is 9.15 Å². The van der Waals surface area contributed by atoms with Crippen LogP contribution in [0.3, 0.4) is 0 Å². The molecule has 0 saturated carbocycles. The number of ether oxygens (including phenoxy) is 1. The molecule has 0 spiro atoms. The molecule has 0 unspecified atom stereocenters. The van der Waals surface area contributed by atoms with Gasteiger partial charge in [0.05, 0.1) is 6.26 Å².